The number of rotatable bonds is 2. The van der Waals surface area contributed by atoms with Crippen molar-refractivity contribution < 1.29 is 18.0 Å². The fourth-order valence-electron chi connectivity index (χ4n) is 1.75. The molecule has 9 heteroatoms. The third-order valence-corrected chi connectivity index (χ3v) is 3.04. The summed E-state index contributed by atoms with van der Waals surface area (Å²) in [5, 5.41) is 3.67. The number of alkyl halides is 3. The molecule has 1 fully saturated rings. The first-order chi connectivity index (χ1) is 7.88. The second-order valence-electron chi connectivity index (χ2n) is 3.63. The number of aromatic nitrogens is 2. The largest absolute Gasteiger partial charge is 0.406 e. The van der Waals surface area contributed by atoms with Crippen LogP contribution in [0.25, 0.3) is 0 Å². The van der Waals surface area contributed by atoms with E-state index in [0.29, 0.717) is 4.90 Å². The van der Waals surface area contributed by atoms with Gasteiger partial charge >= 0.3 is 11.0 Å². The molecule has 0 saturated carbocycles. The zero-order chi connectivity index (χ0) is 12.6. The smallest absolute Gasteiger partial charge is 0.332 e. The molecule has 17 heavy (non-hydrogen) atoms. The molecule has 1 saturated heterocycles. The van der Waals surface area contributed by atoms with Gasteiger partial charge in [0.15, 0.2) is 0 Å². The Morgan fingerprint density at radius 1 is 1.47 bits per heavy atom. The quantitative estimate of drug-likeness (QED) is 0.790. The fraction of sp³-hybridized carbons (Fsp3) is 0.625. The summed E-state index contributed by atoms with van der Waals surface area (Å²) in [5.74, 6) is -0.699. The Morgan fingerprint density at radius 3 is 2.71 bits per heavy atom. The van der Waals surface area contributed by atoms with Crippen LogP contribution in [0, 0.1) is 0 Å². The first-order valence-corrected chi connectivity index (χ1v) is 5.64. The predicted molar refractivity (Wildman–Crippen MR) is 52.7 cm³/mol. The lowest BCUT2D eigenvalue weighted by Gasteiger charge is -2.18. The van der Waals surface area contributed by atoms with Gasteiger partial charge in [0, 0.05) is 6.54 Å². The number of halogens is 3. The average Bonchev–Trinajstić information content (AvgIpc) is 2.73. The molecule has 1 amide bonds. The third-order valence-electron chi connectivity index (χ3n) is 2.45. The minimum absolute atomic E-state index is 0.00697. The summed E-state index contributed by atoms with van der Waals surface area (Å²) < 4.78 is 37.4. The average molecular weight is 267 g/mol. The molecule has 1 aromatic heterocycles. The minimum atomic E-state index is -4.42. The van der Waals surface area contributed by atoms with Gasteiger partial charge in [-0.25, -0.2) is 4.68 Å². The van der Waals surface area contributed by atoms with Crippen LogP contribution in [-0.2, 0) is 4.79 Å². The lowest BCUT2D eigenvalue weighted by Crippen LogP contribution is -2.37. The first-order valence-electron chi connectivity index (χ1n) is 4.76. The van der Waals surface area contributed by atoms with Crippen molar-refractivity contribution in [3.05, 3.63) is 15.2 Å². The van der Waals surface area contributed by atoms with Crippen molar-refractivity contribution in [2.75, 3.05) is 13.1 Å². The normalized spacial score (nSPS) is 21.2. The van der Waals surface area contributed by atoms with Crippen molar-refractivity contribution in [1.29, 1.82) is 0 Å². The first kappa shape index (κ1) is 12.1. The number of hydrogen-bond donors (Lipinski definition) is 0. The summed E-state index contributed by atoms with van der Waals surface area (Å²) in [6, 6.07) is -0.893. The fourth-order valence-corrected chi connectivity index (χ4v) is 2.27. The maximum atomic E-state index is 12.2. The summed E-state index contributed by atoms with van der Waals surface area (Å²) in [6.07, 6.45) is -4.24. The van der Waals surface area contributed by atoms with Crippen molar-refractivity contribution >= 4 is 17.2 Å². The molecule has 1 atom stereocenters. The summed E-state index contributed by atoms with van der Waals surface area (Å²) in [6.45, 7) is -1.28. The molecule has 5 nitrogen and oxygen atoms in total. The van der Waals surface area contributed by atoms with Crippen molar-refractivity contribution in [1.82, 2.24) is 14.7 Å². The van der Waals surface area contributed by atoms with E-state index in [-0.39, 0.29) is 13.0 Å². The Labute approximate surface area is 97.5 Å². The molecule has 2 rings (SSSR count). The number of hydrogen-bond acceptors (Lipinski definition) is 4. The molecule has 1 aliphatic heterocycles. The van der Waals surface area contributed by atoms with E-state index in [1.54, 1.807) is 0 Å². The molecule has 1 aromatic rings. The van der Waals surface area contributed by atoms with E-state index >= 15 is 0 Å². The topological polar surface area (TPSA) is 55.2 Å². The van der Waals surface area contributed by atoms with Crippen molar-refractivity contribution in [2.24, 2.45) is 0 Å². The molecule has 1 unspecified atom stereocenters. The van der Waals surface area contributed by atoms with Crippen LogP contribution in [0.2, 0.25) is 0 Å². The SMILES string of the molecule is O=C1C(n2ncsc2=O)CCN1CC(F)(F)F. The predicted octanol–water partition coefficient (Wildman–Crippen LogP) is 0.641. The Kier molecular flexibility index (Phi) is 2.94. The minimum Gasteiger partial charge on any atom is -0.332 e. The summed E-state index contributed by atoms with van der Waals surface area (Å²) in [5.41, 5.74) is 1.27. The maximum absolute atomic E-state index is 12.2. The van der Waals surface area contributed by atoms with Gasteiger partial charge in [-0.3, -0.25) is 9.59 Å². The van der Waals surface area contributed by atoms with Gasteiger partial charge in [-0.1, -0.05) is 11.3 Å². The lowest BCUT2D eigenvalue weighted by atomic mass is 10.3. The van der Waals surface area contributed by atoms with Gasteiger partial charge in [-0.05, 0) is 6.42 Å². The molecule has 1 aliphatic rings. The molecule has 0 radical (unpaired) electrons. The van der Waals surface area contributed by atoms with E-state index in [1.165, 1.54) is 5.51 Å². The molecule has 0 N–H and O–H groups in total. The zero-order valence-electron chi connectivity index (χ0n) is 8.48. The van der Waals surface area contributed by atoms with E-state index in [0.717, 1.165) is 16.0 Å². The molecular weight excluding hydrogens is 259 g/mol. The van der Waals surface area contributed by atoms with Crippen molar-refractivity contribution in [2.45, 2.75) is 18.6 Å². The van der Waals surface area contributed by atoms with E-state index in [9.17, 15) is 22.8 Å². The van der Waals surface area contributed by atoms with Crippen molar-refractivity contribution in [3.8, 4) is 0 Å². The molecule has 0 aromatic carbocycles. The summed E-state index contributed by atoms with van der Waals surface area (Å²) in [7, 11) is 0. The number of amides is 1. The second-order valence-corrected chi connectivity index (χ2v) is 4.42. The highest BCUT2D eigenvalue weighted by Crippen LogP contribution is 2.25. The third kappa shape index (κ3) is 2.48. The molecule has 94 valence electrons. The van der Waals surface area contributed by atoms with Gasteiger partial charge in [0.05, 0.1) is 0 Å². The van der Waals surface area contributed by atoms with Crippen LogP contribution in [0.4, 0.5) is 13.2 Å². The van der Waals surface area contributed by atoms with Crippen LogP contribution < -0.4 is 4.87 Å². The van der Waals surface area contributed by atoms with Crippen LogP contribution >= 0.6 is 11.3 Å². The van der Waals surface area contributed by atoms with Crippen LogP contribution in [0.3, 0.4) is 0 Å². The van der Waals surface area contributed by atoms with Gasteiger partial charge in [0.1, 0.15) is 18.1 Å². The maximum Gasteiger partial charge on any atom is 0.406 e. The van der Waals surface area contributed by atoms with Crippen LogP contribution in [-0.4, -0.2) is 39.9 Å². The zero-order valence-corrected chi connectivity index (χ0v) is 9.29. The van der Waals surface area contributed by atoms with Gasteiger partial charge in [0.2, 0.25) is 5.91 Å². The van der Waals surface area contributed by atoms with E-state index in [4.69, 9.17) is 0 Å². The monoisotopic (exact) mass is 267 g/mol. The molecule has 0 spiro atoms. The van der Waals surface area contributed by atoms with Gasteiger partial charge in [-0.2, -0.15) is 18.3 Å². The molecule has 0 aliphatic carbocycles. The van der Waals surface area contributed by atoms with Crippen LogP contribution in [0.1, 0.15) is 12.5 Å². The Hall–Kier alpha value is -1.38. The molecule has 2 heterocycles. The Bertz CT molecular complexity index is 481. The summed E-state index contributed by atoms with van der Waals surface area (Å²) >= 11 is 0.811. The molecule has 0 bridgehead atoms. The highest BCUT2D eigenvalue weighted by Gasteiger charge is 2.40. The number of nitrogens with zero attached hydrogens (tertiary/aromatic N) is 3. The van der Waals surface area contributed by atoms with Crippen molar-refractivity contribution in [3.63, 3.8) is 0 Å². The van der Waals surface area contributed by atoms with E-state index < -0.39 is 29.5 Å². The highest BCUT2D eigenvalue weighted by molar-refractivity contribution is 7.06. The molecular formula is C8H8F3N3O2S. The standard InChI is InChI=1S/C8H8F3N3O2S/c9-8(10,11)3-13-2-1-5(6(13)15)14-7(16)17-4-12-14/h4-5H,1-3H2. The lowest BCUT2D eigenvalue weighted by molar-refractivity contribution is -0.158. The Balaban J connectivity index is 2.14. The number of carbonyl (C=O) groups excluding carboxylic acids is 1. The van der Waals surface area contributed by atoms with Gasteiger partial charge < -0.3 is 4.90 Å². The van der Waals surface area contributed by atoms with Gasteiger partial charge in [-0.15, -0.1) is 0 Å². The van der Waals surface area contributed by atoms with E-state index in [2.05, 4.69) is 5.10 Å². The number of carbonyl (C=O) groups is 1. The summed E-state index contributed by atoms with van der Waals surface area (Å²) in [4.78, 5) is 23.2. The highest BCUT2D eigenvalue weighted by atomic mass is 32.1. The van der Waals surface area contributed by atoms with Gasteiger partial charge in [0.25, 0.3) is 0 Å². The Morgan fingerprint density at radius 2 is 2.18 bits per heavy atom. The van der Waals surface area contributed by atoms with Crippen LogP contribution in [0.5, 0.6) is 0 Å². The second kappa shape index (κ2) is 4.13. The van der Waals surface area contributed by atoms with E-state index in [1.807, 2.05) is 0 Å². The number of likely N-dealkylation sites (tertiary alicyclic amines) is 1. The van der Waals surface area contributed by atoms with Crippen LogP contribution in [0.15, 0.2) is 10.3 Å².